The topological polar surface area (TPSA) is 66.4 Å². The first-order valence-corrected chi connectivity index (χ1v) is 7.06. The molecule has 1 aromatic rings. The van der Waals surface area contributed by atoms with Crippen LogP contribution in [0, 0.1) is 5.92 Å². The number of rotatable bonds is 5. The van der Waals surface area contributed by atoms with Crippen molar-refractivity contribution in [3.05, 3.63) is 34.9 Å². The Morgan fingerprint density at radius 2 is 2.10 bits per heavy atom. The van der Waals surface area contributed by atoms with Gasteiger partial charge in [0.1, 0.15) is 5.54 Å². The second kappa shape index (κ2) is 5.44. The van der Waals surface area contributed by atoms with Crippen LogP contribution in [0.15, 0.2) is 24.3 Å². The Kier molecular flexibility index (Phi) is 4.04. The summed E-state index contributed by atoms with van der Waals surface area (Å²) in [5.41, 5.74) is -0.243. The van der Waals surface area contributed by atoms with Crippen molar-refractivity contribution in [2.75, 3.05) is 0 Å². The Labute approximate surface area is 123 Å². The zero-order chi connectivity index (χ0) is 14.9. The molecule has 0 aromatic heterocycles. The van der Waals surface area contributed by atoms with Gasteiger partial charge in [0.2, 0.25) is 5.91 Å². The van der Waals surface area contributed by atoms with Gasteiger partial charge in [0, 0.05) is 10.9 Å². The Morgan fingerprint density at radius 1 is 1.45 bits per heavy atom. The van der Waals surface area contributed by atoms with E-state index < -0.39 is 11.5 Å². The summed E-state index contributed by atoms with van der Waals surface area (Å²) >= 11 is 6.11. The molecule has 3 atom stereocenters. The fraction of sp³-hybridized carbons (Fsp3) is 0.467. The molecule has 108 valence electrons. The molecule has 1 aromatic carbocycles. The smallest absolute Gasteiger partial charge is 0.329 e. The lowest BCUT2D eigenvalue weighted by molar-refractivity contribution is -0.147. The second-order valence-electron chi connectivity index (χ2n) is 5.45. The quantitative estimate of drug-likeness (QED) is 0.878. The number of carbonyl (C=O) groups is 2. The summed E-state index contributed by atoms with van der Waals surface area (Å²) < 4.78 is 0. The molecular weight excluding hydrogens is 278 g/mol. The van der Waals surface area contributed by atoms with Gasteiger partial charge in [-0.05, 0) is 37.3 Å². The molecule has 0 bridgehead atoms. The molecular formula is C15H18ClNO3. The fourth-order valence-corrected chi connectivity index (χ4v) is 2.54. The predicted octanol–water partition coefficient (Wildman–Crippen LogP) is 2.81. The number of hydrogen-bond donors (Lipinski definition) is 2. The molecule has 1 aliphatic rings. The van der Waals surface area contributed by atoms with Crippen LogP contribution in [0.25, 0.3) is 0 Å². The molecule has 1 saturated carbocycles. The van der Waals surface area contributed by atoms with Crippen LogP contribution < -0.4 is 5.32 Å². The number of benzene rings is 1. The van der Waals surface area contributed by atoms with Gasteiger partial charge in [0.25, 0.3) is 0 Å². The molecule has 2 rings (SSSR count). The Balaban J connectivity index is 2.04. The first-order valence-electron chi connectivity index (χ1n) is 6.69. The molecule has 0 aliphatic heterocycles. The van der Waals surface area contributed by atoms with Crippen molar-refractivity contribution in [2.24, 2.45) is 5.92 Å². The standard InChI is InChI=1S/C15H18ClNO3/c1-3-15(2,14(19)20)17-13(18)11-8-10(11)9-6-4-5-7-12(9)16/h4-7,10-11H,3,8H2,1-2H3,(H,17,18)(H,19,20). The van der Waals surface area contributed by atoms with Crippen molar-refractivity contribution in [3.63, 3.8) is 0 Å². The number of carbonyl (C=O) groups excluding carboxylic acids is 1. The van der Waals surface area contributed by atoms with E-state index in [1.807, 2.05) is 18.2 Å². The number of amides is 1. The van der Waals surface area contributed by atoms with Crippen molar-refractivity contribution in [1.82, 2.24) is 5.32 Å². The lowest BCUT2D eigenvalue weighted by atomic mass is 9.98. The Morgan fingerprint density at radius 3 is 2.65 bits per heavy atom. The zero-order valence-corrected chi connectivity index (χ0v) is 12.3. The summed E-state index contributed by atoms with van der Waals surface area (Å²) in [4.78, 5) is 23.4. The van der Waals surface area contributed by atoms with Gasteiger partial charge in [-0.1, -0.05) is 36.7 Å². The van der Waals surface area contributed by atoms with E-state index >= 15 is 0 Å². The molecule has 1 fully saturated rings. The number of nitrogens with one attached hydrogen (secondary N) is 1. The molecule has 4 nitrogen and oxygen atoms in total. The van der Waals surface area contributed by atoms with Crippen LogP contribution in [-0.4, -0.2) is 22.5 Å². The lowest BCUT2D eigenvalue weighted by Gasteiger charge is -2.24. The third kappa shape index (κ3) is 2.80. The molecule has 0 spiro atoms. The highest BCUT2D eigenvalue weighted by Crippen LogP contribution is 2.49. The molecule has 0 saturated heterocycles. The maximum Gasteiger partial charge on any atom is 0.329 e. The van der Waals surface area contributed by atoms with Gasteiger partial charge in [0.05, 0.1) is 0 Å². The van der Waals surface area contributed by atoms with E-state index in [4.69, 9.17) is 11.6 Å². The maximum absolute atomic E-state index is 12.2. The highest BCUT2D eigenvalue weighted by atomic mass is 35.5. The molecule has 1 amide bonds. The van der Waals surface area contributed by atoms with E-state index in [-0.39, 0.29) is 17.7 Å². The summed E-state index contributed by atoms with van der Waals surface area (Å²) in [6.07, 6.45) is 1.06. The molecule has 3 unspecified atom stereocenters. The molecule has 2 N–H and O–H groups in total. The summed E-state index contributed by atoms with van der Waals surface area (Å²) in [6, 6.07) is 7.46. The van der Waals surface area contributed by atoms with Gasteiger partial charge in [0.15, 0.2) is 0 Å². The van der Waals surface area contributed by atoms with Crippen LogP contribution in [-0.2, 0) is 9.59 Å². The molecule has 0 radical (unpaired) electrons. The van der Waals surface area contributed by atoms with E-state index in [2.05, 4.69) is 5.32 Å². The third-order valence-corrected chi connectivity index (χ3v) is 4.35. The van der Waals surface area contributed by atoms with Crippen molar-refractivity contribution in [3.8, 4) is 0 Å². The summed E-state index contributed by atoms with van der Waals surface area (Å²) in [5, 5.41) is 12.5. The lowest BCUT2D eigenvalue weighted by Crippen LogP contribution is -2.52. The van der Waals surface area contributed by atoms with Crippen molar-refractivity contribution in [2.45, 2.75) is 38.1 Å². The largest absolute Gasteiger partial charge is 0.480 e. The number of hydrogen-bond acceptors (Lipinski definition) is 2. The first kappa shape index (κ1) is 14.9. The maximum atomic E-state index is 12.2. The minimum atomic E-state index is -1.20. The van der Waals surface area contributed by atoms with Crippen molar-refractivity contribution >= 4 is 23.5 Å². The second-order valence-corrected chi connectivity index (χ2v) is 5.86. The molecule has 1 aliphatic carbocycles. The fourth-order valence-electron chi connectivity index (χ4n) is 2.26. The Hall–Kier alpha value is -1.55. The first-order chi connectivity index (χ1) is 9.39. The van der Waals surface area contributed by atoms with Crippen LogP contribution in [0.2, 0.25) is 5.02 Å². The minimum absolute atomic E-state index is 0.0959. The number of carboxylic acid groups (broad SMARTS) is 1. The van der Waals surface area contributed by atoms with E-state index in [1.165, 1.54) is 6.92 Å². The van der Waals surface area contributed by atoms with Crippen LogP contribution in [0.5, 0.6) is 0 Å². The number of halogens is 1. The normalized spacial score (nSPS) is 23.8. The monoisotopic (exact) mass is 295 g/mol. The predicted molar refractivity (Wildman–Crippen MR) is 76.8 cm³/mol. The SMILES string of the molecule is CCC(C)(NC(=O)C1CC1c1ccccc1Cl)C(=O)O. The van der Waals surface area contributed by atoms with E-state index in [0.717, 1.165) is 12.0 Å². The van der Waals surface area contributed by atoms with E-state index in [1.54, 1.807) is 13.0 Å². The van der Waals surface area contributed by atoms with Crippen LogP contribution >= 0.6 is 11.6 Å². The van der Waals surface area contributed by atoms with E-state index in [9.17, 15) is 14.7 Å². The minimum Gasteiger partial charge on any atom is -0.480 e. The summed E-state index contributed by atoms with van der Waals surface area (Å²) in [5.74, 6) is -1.30. The van der Waals surface area contributed by atoms with Crippen LogP contribution in [0.3, 0.4) is 0 Å². The average Bonchev–Trinajstić information content (AvgIpc) is 3.19. The Bertz CT molecular complexity index is 546. The average molecular weight is 296 g/mol. The van der Waals surface area contributed by atoms with Gasteiger partial charge in [-0.2, -0.15) is 0 Å². The van der Waals surface area contributed by atoms with Crippen LogP contribution in [0.4, 0.5) is 0 Å². The summed E-state index contributed by atoms with van der Waals surface area (Å²) in [6.45, 7) is 3.27. The molecule has 0 heterocycles. The highest BCUT2D eigenvalue weighted by molar-refractivity contribution is 6.31. The number of aliphatic carboxylic acids is 1. The van der Waals surface area contributed by atoms with Gasteiger partial charge >= 0.3 is 5.97 Å². The van der Waals surface area contributed by atoms with Crippen LogP contribution in [0.1, 0.15) is 38.2 Å². The van der Waals surface area contributed by atoms with Gasteiger partial charge in [-0.25, -0.2) is 4.79 Å². The van der Waals surface area contributed by atoms with Gasteiger partial charge < -0.3 is 10.4 Å². The van der Waals surface area contributed by atoms with E-state index in [0.29, 0.717) is 11.4 Å². The van der Waals surface area contributed by atoms with Gasteiger partial charge in [-0.15, -0.1) is 0 Å². The molecule has 5 heteroatoms. The third-order valence-electron chi connectivity index (χ3n) is 4.01. The van der Waals surface area contributed by atoms with Crippen molar-refractivity contribution < 1.29 is 14.7 Å². The zero-order valence-electron chi connectivity index (χ0n) is 11.5. The van der Waals surface area contributed by atoms with Gasteiger partial charge in [-0.3, -0.25) is 4.79 Å². The molecule has 20 heavy (non-hydrogen) atoms. The summed E-state index contributed by atoms with van der Waals surface area (Å²) in [7, 11) is 0. The highest BCUT2D eigenvalue weighted by Gasteiger charge is 2.47. The number of carboxylic acids is 1. The van der Waals surface area contributed by atoms with Crippen molar-refractivity contribution in [1.29, 1.82) is 0 Å².